The van der Waals surface area contributed by atoms with Crippen LogP contribution in [-0.4, -0.2) is 27.5 Å². The molecule has 2 amide bonds. The highest BCUT2D eigenvalue weighted by atomic mass is 19.4. The van der Waals surface area contributed by atoms with Gasteiger partial charge in [0.05, 0.1) is 12.8 Å². The predicted molar refractivity (Wildman–Crippen MR) is 100 cm³/mol. The van der Waals surface area contributed by atoms with Crippen molar-refractivity contribution in [3.8, 4) is 0 Å². The van der Waals surface area contributed by atoms with E-state index in [-0.39, 0.29) is 12.3 Å². The Bertz CT molecular complexity index is 1130. The van der Waals surface area contributed by atoms with Crippen LogP contribution in [0.2, 0.25) is 0 Å². The number of halogens is 3. The number of fused-ring (bicyclic) bond motifs is 1. The van der Waals surface area contributed by atoms with E-state index >= 15 is 0 Å². The molecule has 12 heteroatoms. The summed E-state index contributed by atoms with van der Waals surface area (Å²) in [5, 5.41) is 3.81. The van der Waals surface area contributed by atoms with Crippen LogP contribution in [0.25, 0.3) is 0 Å². The Balaban J connectivity index is 1.85. The molecule has 1 aliphatic carbocycles. The van der Waals surface area contributed by atoms with Crippen molar-refractivity contribution in [2.24, 2.45) is 5.92 Å². The van der Waals surface area contributed by atoms with Crippen molar-refractivity contribution in [2.75, 3.05) is 5.32 Å². The van der Waals surface area contributed by atoms with Crippen molar-refractivity contribution in [1.29, 1.82) is 0 Å². The number of hydrogen-bond acceptors (Lipinski definition) is 5. The van der Waals surface area contributed by atoms with Crippen LogP contribution >= 0.6 is 0 Å². The zero-order valence-corrected chi connectivity index (χ0v) is 16.2. The second-order valence-electron chi connectivity index (χ2n) is 7.67. The maximum Gasteiger partial charge on any atom is 0.425 e. The Morgan fingerprint density at radius 3 is 2.55 bits per heavy atom. The van der Waals surface area contributed by atoms with Gasteiger partial charge in [-0.3, -0.25) is 23.9 Å². The minimum Gasteiger partial charge on any atom is -0.467 e. The molecule has 9 nitrogen and oxygen atoms in total. The van der Waals surface area contributed by atoms with E-state index in [2.05, 4.69) is 0 Å². The largest absolute Gasteiger partial charge is 0.467 e. The summed E-state index contributed by atoms with van der Waals surface area (Å²) in [6.07, 6.45) is -1.02. The summed E-state index contributed by atoms with van der Waals surface area (Å²) < 4.78 is 48.9. The second kappa shape index (κ2) is 7.43. The second-order valence-corrected chi connectivity index (χ2v) is 7.67. The molecule has 0 radical (unpaired) electrons. The fraction of sp³-hybridized carbons (Fsp3) is 0.474. The first-order valence-electron chi connectivity index (χ1n) is 9.75. The van der Waals surface area contributed by atoms with Gasteiger partial charge in [-0.2, -0.15) is 13.2 Å². The molecular weight excluding hydrogens is 421 g/mol. The zero-order chi connectivity index (χ0) is 22.4. The van der Waals surface area contributed by atoms with E-state index < -0.39 is 52.1 Å². The molecule has 0 spiro atoms. The molecule has 166 valence electrons. The lowest BCUT2D eigenvalue weighted by atomic mass is 9.86. The molecule has 0 unspecified atom stereocenters. The molecule has 1 saturated carbocycles. The molecule has 1 atom stereocenters. The van der Waals surface area contributed by atoms with Gasteiger partial charge in [-0.15, -0.1) is 0 Å². The van der Waals surface area contributed by atoms with Crippen molar-refractivity contribution in [2.45, 2.75) is 50.4 Å². The summed E-state index contributed by atoms with van der Waals surface area (Å²) in [7, 11) is 0. The normalized spacial score (nSPS) is 21.6. The topological polar surface area (TPSA) is 126 Å². The number of rotatable bonds is 4. The SMILES string of the molecule is O=C(N[C@]1(C(F)(F)F)C(=O)Nc2c1c(=O)[nH]c(=O)n2Cc1ccco1)C1CCCCC1. The number of aromatic amines is 1. The van der Waals surface area contributed by atoms with Gasteiger partial charge < -0.3 is 15.1 Å². The minimum absolute atomic E-state index is 0.210. The van der Waals surface area contributed by atoms with E-state index in [1.165, 1.54) is 18.4 Å². The monoisotopic (exact) mass is 440 g/mol. The maximum atomic E-state index is 14.3. The van der Waals surface area contributed by atoms with Crippen LogP contribution in [0.1, 0.15) is 43.4 Å². The van der Waals surface area contributed by atoms with Gasteiger partial charge in [0.1, 0.15) is 17.1 Å². The number of H-pyrrole nitrogens is 1. The zero-order valence-electron chi connectivity index (χ0n) is 16.2. The van der Waals surface area contributed by atoms with Crippen molar-refractivity contribution >= 4 is 17.6 Å². The number of furan rings is 1. The van der Waals surface area contributed by atoms with Crippen molar-refractivity contribution < 1.29 is 27.2 Å². The third kappa shape index (κ3) is 3.35. The number of amides is 2. The third-order valence-corrected chi connectivity index (χ3v) is 5.75. The number of carbonyl (C=O) groups excluding carboxylic acids is 2. The van der Waals surface area contributed by atoms with Gasteiger partial charge in [-0.25, -0.2) is 4.79 Å². The summed E-state index contributed by atoms with van der Waals surface area (Å²) in [6.45, 7) is -0.338. The lowest BCUT2D eigenvalue weighted by Gasteiger charge is -2.32. The average Bonchev–Trinajstić information content (AvgIpc) is 3.32. The van der Waals surface area contributed by atoms with E-state index in [1.54, 1.807) is 0 Å². The molecule has 2 aromatic rings. The fourth-order valence-corrected chi connectivity index (χ4v) is 4.19. The number of hydrogen-bond donors (Lipinski definition) is 3. The lowest BCUT2D eigenvalue weighted by Crippen LogP contribution is -2.63. The molecule has 3 heterocycles. The molecule has 0 saturated heterocycles. The Kier molecular flexibility index (Phi) is 5.02. The quantitative estimate of drug-likeness (QED) is 0.666. The summed E-state index contributed by atoms with van der Waals surface area (Å²) in [6, 6.07) is 2.98. The number of nitrogens with zero attached hydrogens (tertiary/aromatic N) is 1. The summed E-state index contributed by atoms with van der Waals surface area (Å²) in [5.41, 5.74) is -7.11. The van der Waals surface area contributed by atoms with Crippen molar-refractivity contribution in [3.63, 3.8) is 0 Å². The van der Waals surface area contributed by atoms with Crippen LogP contribution in [0.5, 0.6) is 0 Å². The van der Waals surface area contributed by atoms with E-state index in [0.717, 1.165) is 11.0 Å². The summed E-state index contributed by atoms with van der Waals surface area (Å²) in [5.74, 6) is -3.72. The van der Waals surface area contributed by atoms with E-state index in [4.69, 9.17) is 4.42 Å². The van der Waals surface area contributed by atoms with Gasteiger partial charge in [0.25, 0.3) is 11.5 Å². The number of alkyl halides is 3. The highest BCUT2D eigenvalue weighted by Crippen LogP contribution is 2.45. The van der Waals surface area contributed by atoms with Crippen LogP contribution in [-0.2, 0) is 21.7 Å². The van der Waals surface area contributed by atoms with Gasteiger partial charge in [0.15, 0.2) is 0 Å². The van der Waals surface area contributed by atoms with Crippen LogP contribution in [0.15, 0.2) is 32.4 Å². The Labute approximate surface area is 172 Å². The van der Waals surface area contributed by atoms with E-state index in [1.807, 2.05) is 15.6 Å². The fourth-order valence-electron chi connectivity index (χ4n) is 4.19. The van der Waals surface area contributed by atoms with E-state index in [0.29, 0.717) is 25.7 Å². The molecular formula is C19H19F3N4O5. The van der Waals surface area contributed by atoms with Crippen LogP contribution in [0.4, 0.5) is 19.0 Å². The van der Waals surface area contributed by atoms with Crippen LogP contribution in [0.3, 0.4) is 0 Å². The lowest BCUT2D eigenvalue weighted by molar-refractivity contribution is -0.201. The molecule has 31 heavy (non-hydrogen) atoms. The first-order valence-corrected chi connectivity index (χ1v) is 9.75. The highest BCUT2D eigenvalue weighted by molar-refractivity contribution is 6.07. The Morgan fingerprint density at radius 1 is 1.23 bits per heavy atom. The molecule has 2 aromatic heterocycles. The molecule has 4 rings (SSSR count). The molecule has 0 aromatic carbocycles. The summed E-state index contributed by atoms with van der Waals surface area (Å²) in [4.78, 5) is 52.0. The number of carbonyl (C=O) groups is 2. The molecule has 3 N–H and O–H groups in total. The van der Waals surface area contributed by atoms with Crippen molar-refractivity contribution in [3.05, 3.63) is 50.6 Å². The van der Waals surface area contributed by atoms with Gasteiger partial charge in [0, 0.05) is 5.92 Å². The Morgan fingerprint density at radius 2 is 1.94 bits per heavy atom. The van der Waals surface area contributed by atoms with Gasteiger partial charge in [0.2, 0.25) is 11.4 Å². The number of aromatic nitrogens is 2. The van der Waals surface area contributed by atoms with Gasteiger partial charge >= 0.3 is 11.9 Å². The van der Waals surface area contributed by atoms with Gasteiger partial charge in [-0.1, -0.05) is 19.3 Å². The predicted octanol–water partition coefficient (Wildman–Crippen LogP) is 1.58. The molecule has 2 aliphatic rings. The third-order valence-electron chi connectivity index (χ3n) is 5.75. The molecule has 1 aliphatic heterocycles. The number of anilines is 1. The first kappa shape index (κ1) is 20.9. The van der Waals surface area contributed by atoms with Crippen LogP contribution < -0.4 is 21.9 Å². The standard InChI is InChI=1S/C19H19F3N4O5/c20-19(21,22)18(25-14(27)10-5-2-1-3-6-10)12-13(23-16(18)29)26(17(30)24-15(12)28)9-11-7-4-8-31-11/h4,7-8,10H,1-3,5-6,9H2,(H,23,29)(H,25,27)(H,24,28,30)/t18-/m0/s1. The van der Waals surface area contributed by atoms with Gasteiger partial charge in [-0.05, 0) is 25.0 Å². The first-order chi connectivity index (χ1) is 14.6. The van der Waals surface area contributed by atoms with Crippen LogP contribution in [0, 0.1) is 5.92 Å². The van der Waals surface area contributed by atoms with E-state index in [9.17, 15) is 32.3 Å². The Hall–Kier alpha value is -3.31. The molecule has 0 bridgehead atoms. The minimum atomic E-state index is -5.34. The molecule has 1 fully saturated rings. The highest BCUT2D eigenvalue weighted by Gasteiger charge is 2.68. The summed E-state index contributed by atoms with van der Waals surface area (Å²) >= 11 is 0. The smallest absolute Gasteiger partial charge is 0.425 e. The maximum absolute atomic E-state index is 14.3. The van der Waals surface area contributed by atoms with Crippen molar-refractivity contribution in [1.82, 2.24) is 14.9 Å². The number of nitrogens with one attached hydrogen (secondary N) is 3. The average molecular weight is 440 g/mol.